The lowest BCUT2D eigenvalue weighted by molar-refractivity contribution is -0.153. The predicted octanol–water partition coefficient (Wildman–Crippen LogP) is 0.628. The Morgan fingerprint density at radius 1 is 1.31 bits per heavy atom. The van der Waals surface area contributed by atoms with Gasteiger partial charge in [-0.3, -0.25) is 9.59 Å². The Bertz CT molecular complexity index is 344. The average Bonchev–Trinajstić information content (AvgIpc) is 2.67. The molecule has 1 aliphatic rings. The third-order valence-electron chi connectivity index (χ3n) is 2.73. The lowest BCUT2D eigenvalue weighted by Crippen LogP contribution is -2.34. The molecule has 0 heterocycles. The van der Waals surface area contributed by atoms with E-state index in [1.807, 2.05) is 0 Å². The van der Waals surface area contributed by atoms with E-state index in [-0.39, 0.29) is 5.78 Å². The van der Waals surface area contributed by atoms with Crippen LogP contribution in [0.5, 0.6) is 0 Å². The monoisotopic (exact) mass is 226 g/mol. The van der Waals surface area contributed by atoms with Crippen LogP contribution in [0.4, 0.5) is 0 Å². The maximum absolute atomic E-state index is 11.7. The number of rotatable bonds is 3. The summed E-state index contributed by atoms with van der Waals surface area (Å²) in [6.07, 6.45) is 3.73. The van der Waals surface area contributed by atoms with Crippen LogP contribution >= 0.6 is 0 Å². The lowest BCUT2D eigenvalue weighted by atomic mass is 9.85. The van der Waals surface area contributed by atoms with Crippen molar-refractivity contribution >= 4 is 17.7 Å². The predicted molar refractivity (Wildman–Crippen MR) is 54.5 cm³/mol. The maximum atomic E-state index is 11.7. The van der Waals surface area contributed by atoms with Crippen molar-refractivity contribution in [1.82, 2.24) is 0 Å². The van der Waals surface area contributed by atoms with Gasteiger partial charge in [-0.25, -0.2) is 4.79 Å². The molecule has 0 N–H and O–H groups in total. The van der Waals surface area contributed by atoms with Crippen molar-refractivity contribution < 1.29 is 23.9 Å². The summed E-state index contributed by atoms with van der Waals surface area (Å²) in [6.45, 7) is 0. The zero-order valence-corrected chi connectivity index (χ0v) is 9.32. The van der Waals surface area contributed by atoms with Gasteiger partial charge in [0.15, 0.2) is 5.78 Å². The van der Waals surface area contributed by atoms with E-state index < -0.39 is 17.4 Å². The van der Waals surface area contributed by atoms with Crippen molar-refractivity contribution in [2.45, 2.75) is 19.3 Å². The molecule has 5 nitrogen and oxygen atoms in total. The minimum Gasteiger partial charge on any atom is -0.468 e. The SMILES string of the molecule is COC(=O)/C=C/C1(C(=O)OC)CCCC1=O. The maximum Gasteiger partial charge on any atom is 0.330 e. The van der Waals surface area contributed by atoms with Crippen LogP contribution in [0.3, 0.4) is 0 Å². The molecule has 5 heteroatoms. The van der Waals surface area contributed by atoms with Gasteiger partial charge in [0, 0.05) is 12.5 Å². The molecule has 1 atom stereocenters. The number of hydrogen-bond donors (Lipinski definition) is 0. The third kappa shape index (κ3) is 2.13. The standard InChI is InChI=1S/C11H14O5/c1-15-9(13)5-7-11(10(14)16-2)6-3-4-8(11)12/h5,7H,3-4,6H2,1-2H3/b7-5+. The van der Waals surface area contributed by atoms with Crippen molar-refractivity contribution in [2.75, 3.05) is 14.2 Å². The van der Waals surface area contributed by atoms with Crippen molar-refractivity contribution in [1.29, 1.82) is 0 Å². The van der Waals surface area contributed by atoms with Crippen LogP contribution in [0, 0.1) is 5.41 Å². The summed E-state index contributed by atoms with van der Waals surface area (Å²) in [5, 5.41) is 0. The molecule has 0 aromatic heterocycles. The van der Waals surface area contributed by atoms with E-state index in [1.165, 1.54) is 20.3 Å². The van der Waals surface area contributed by atoms with Gasteiger partial charge in [-0.2, -0.15) is 0 Å². The molecule has 0 amide bonds. The second-order valence-corrected chi connectivity index (χ2v) is 3.60. The van der Waals surface area contributed by atoms with Gasteiger partial charge in [-0.1, -0.05) is 6.08 Å². The van der Waals surface area contributed by atoms with Gasteiger partial charge in [0.2, 0.25) is 0 Å². The Balaban J connectivity index is 2.97. The molecule has 1 rings (SSSR count). The molecule has 0 bridgehead atoms. The summed E-state index contributed by atoms with van der Waals surface area (Å²) in [4.78, 5) is 34.3. The lowest BCUT2D eigenvalue weighted by Gasteiger charge is -2.19. The van der Waals surface area contributed by atoms with E-state index >= 15 is 0 Å². The fourth-order valence-corrected chi connectivity index (χ4v) is 1.81. The van der Waals surface area contributed by atoms with E-state index in [1.54, 1.807) is 0 Å². The van der Waals surface area contributed by atoms with Crippen LogP contribution in [-0.2, 0) is 23.9 Å². The highest BCUT2D eigenvalue weighted by Crippen LogP contribution is 2.37. The van der Waals surface area contributed by atoms with Crippen LogP contribution in [-0.4, -0.2) is 31.9 Å². The molecule has 0 aromatic rings. The topological polar surface area (TPSA) is 69.7 Å². The highest BCUT2D eigenvalue weighted by Gasteiger charge is 2.47. The summed E-state index contributed by atoms with van der Waals surface area (Å²) >= 11 is 0. The molecule has 1 unspecified atom stereocenters. The zero-order valence-electron chi connectivity index (χ0n) is 9.32. The van der Waals surface area contributed by atoms with Gasteiger partial charge in [0.05, 0.1) is 14.2 Å². The number of carbonyl (C=O) groups excluding carboxylic acids is 3. The molecule has 0 aliphatic heterocycles. The van der Waals surface area contributed by atoms with Gasteiger partial charge in [0.1, 0.15) is 5.41 Å². The fourth-order valence-electron chi connectivity index (χ4n) is 1.81. The minimum atomic E-state index is -1.29. The van der Waals surface area contributed by atoms with E-state index in [0.717, 1.165) is 6.08 Å². The first-order valence-corrected chi connectivity index (χ1v) is 4.95. The Morgan fingerprint density at radius 2 is 2.00 bits per heavy atom. The number of methoxy groups -OCH3 is 2. The van der Waals surface area contributed by atoms with Crippen LogP contribution in [0.1, 0.15) is 19.3 Å². The van der Waals surface area contributed by atoms with Gasteiger partial charge in [-0.05, 0) is 12.8 Å². The number of ether oxygens (including phenoxy) is 2. The minimum absolute atomic E-state index is 0.209. The van der Waals surface area contributed by atoms with Crippen LogP contribution in [0.15, 0.2) is 12.2 Å². The summed E-state index contributed by atoms with van der Waals surface area (Å²) in [5.41, 5.74) is -1.29. The second-order valence-electron chi connectivity index (χ2n) is 3.60. The van der Waals surface area contributed by atoms with E-state index in [4.69, 9.17) is 0 Å². The van der Waals surface area contributed by atoms with Crippen molar-refractivity contribution in [3.05, 3.63) is 12.2 Å². The van der Waals surface area contributed by atoms with Gasteiger partial charge < -0.3 is 9.47 Å². The summed E-state index contributed by atoms with van der Waals surface area (Å²) < 4.78 is 9.03. The molecule has 1 fully saturated rings. The van der Waals surface area contributed by atoms with E-state index in [2.05, 4.69) is 9.47 Å². The molecule has 1 aliphatic carbocycles. The zero-order chi connectivity index (χ0) is 12.2. The summed E-state index contributed by atoms with van der Waals surface area (Å²) in [6, 6.07) is 0. The smallest absolute Gasteiger partial charge is 0.330 e. The van der Waals surface area contributed by atoms with Gasteiger partial charge >= 0.3 is 11.9 Å². The quantitative estimate of drug-likeness (QED) is 0.401. The average molecular weight is 226 g/mol. The molecule has 0 aromatic carbocycles. The van der Waals surface area contributed by atoms with Crippen LogP contribution in [0.2, 0.25) is 0 Å². The first-order chi connectivity index (χ1) is 7.56. The summed E-state index contributed by atoms with van der Waals surface area (Å²) in [5.74, 6) is -1.42. The van der Waals surface area contributed by atoms with Crippen LogP contribution < -0.4 is 0 Å². The van der Waals surface area contributed by atoms with Gasteiger partial charge in [-0.15, -0.1) is 0 Å². The highest BCUT2D eigenvalue weighted by molar-refractivity contribution is 6.07. The first kappa shape index (κ1) is 12.4. The number of Topliss-reactive ketones (excluding diaryl/α,β-unsaturated/α-hetero) is 1. The largest absolute Gasteiger partial charge is 0.468 e. The fraction of sp³-hybridized carbons (Fsp3) is 0.545. The first-order valence-electron chi connectivity index (χ1n) is 4.95. The second kappa shape index (κ2) is 4.92. The van der Waals surface area contributed by atoms with Crippen LogP contribution in [0.25, 0.3) is 0 Å². The molecule has 16 heavy (non-hydrogen) atoms. The number of hydrogen-bond acceptors (Lipinski definition) is 5. The van der Waals surface area contributed by atoms with E-state index in [9.17, 15) is 14.4 Å². The van der Waals surface area contributed by atoms with Crippen molar-refractivity contribution in [3.8, 4) is 0 Å². The summed E-state index contributed by atoms with van der Waals surface area (Å²) in [7, 11) is 2.45. The molecular weight excluding hydrogens is 212 g/mol. The molecule has 0 spiro atoms. The third-order valence-corrected chi connectivity index (χ3v) is 2.73. The highest BCUT2D eigenvalue weighted by atomic mass is 16.5. The number of ketones is 1. The van der Waals surface area contributed by atoms with Crippen molar-refractivity contribution in [2.24, 2.45) is 5.41 Å². The Labute approximate surface area is 93.4 Å². The number of carbonyl (C=O) groups is 3. The molecule has 88 valence electrons. The van der Waals surface area contributed by atoms with Gasteiger partial charge in [0.25, 0.3) is 0 Å². The molecule has 1 saturated carbocycles. The van der Waals surface area contributed by atoms with E-state index in [0.29, 0.717) is 19.3 Å². The molecular formula is C11H14O5. The number of esters is 2. The Kier molecular flexibility index (Phi) is 3.82. The Hall–Kier alpha value is -1.65. The molecule has 0 saturated heterocycles. The Morgan fingerprint density at radius 3 is 2.44 bits per heavy atom. The normalized spacial score (nSPS) is 24.8. The van der Waals surface area contributed by atoms with Crippen molar-refractivity contribution in [3.63, 3.8) is 0 Å². The molecule has 0 radical (unpaired) electrons.